The van der Waals surface area contributed by atoms with Gasteiger partial charge in [-0.2, -0.15) is 0 Å². The summed E-state index contributed by atoms with van der Waals surface area (Å²) in [7, 11) is 1.70. The predicted octanol–water partition coefficient (Wildman–Crippen LogP) is 6.36. The van der Waals surface area contributed by atoms with Gasteiger partial charge in [-0.3, -0.25) is 9.69 Å². The number of fused-ring (bicyclic) bond motifs is 1. The van der Waals surface area contributed by atoms with Crippen molar-refractivity contribution >= 4 is 16.7 Å². The number of ether oxygens (including phenoxy) is 1. The van der Waals surface area contributed by atoms with E-state index in [4.69, 9.17) is 4.74 Å². The molecule has 0 aromatic heterocycles. The third kappa shape index (κ3) is 5.95. The summed E-state index contributed by atoms with van der Waals surface area (Å²) in [6.45, 7) is 3.00. The second kappa shape index (κ2) is 11.4. The third-order valence-corrected chi connectivity index (χ3v) is 7.27. The molecule has 4 aromatic carbocycles. The number of piperidine rings is 1. The van der Waals surface area contributed by atoms with Crippen LogP contribution in [0.25, 0.3) is 10.8 Å². The van der Waals surface area contributed by atoms with Crippen LogP contribution in [-0.2, 0) is 11.3 Å². The van der Waals surface area contributed by atoms with E-state index in [9.17, 15) is 4.79 Å². The zero-order chi connectivity index (χ0) is 24.7. The van der Waals surface area contributed by atoms with Gasteiger partial charge < -0.3 is 10.1 Å². The molecule has 1 aliphatic rings. The van der Waals surface area contributed by atoms with Crippen LogP contribution in [0.1, 0.15) is 42.0 Å². The summed E-state index contributed by atoms with van der Waals surface area (Å²) in [4.78, 5) is 15.6. The van der Waals surface area contributed by atoms with Crippen molar-refractivity contribution in [2.24, 2.45) is 5.92 Å². The van der Waals surface area contributed by atoms with Crippen molar-refractivity contribution in [3.63, 3.8) is 0 Å². The Balaban J connectivity index is 1.15. The summed E-state index contributed by atoms with van der Waals surface area (Å²) >= 11 is 0. The molecule has 36 heavy (non-hydrogen) atoms. The van der Waals surface area contributed by atoms with E-state index >= 15 is 0 Å². The average molecular weight is 479 g/mol. The lowest BCUT2D eigenvalue weighted by Crippen LogP contribution is -2.36. The number of hydrogen-bond acceptors (Lipinski definition) is 3. The lowest BCUT2D eigenvalue weighted by molar-refractivity contribution is -0.122. The number of hydrogen-bond donors (Lipinski definition) is 1. The van der Waals surface area contributed by atoms with Gasteiger partial charge >= 0.3 is 0 Å². The SMILES string of the molecule is COc1ccc2cc(CN3CCC(CC(=O)NC(c4ccccc4)c4ccccc4)CC3)ccc2c1. The van der Waals surface area contributed by atoms with Crippen molar-refractivity contribution in [2.45, 2.75) is 31.8 Å². The van der Waals surface area contributed by atoms with Crippen LogP contribution in [0.15, 0.2) is 97.1 Å². The normalized spacial score (nSPS) is 14.7. The minimum atomic E-state index is -0.118. The molecule has 1 N–H and O–H groups in total. The summed E-state index contributed by atoms with van der Waals surface area (Å²) < 4.78 is 5.34. The van der Waals surface area contributed by atoms with Gasteiger partial charge in [0.05, 0.1) is 13.2 Å². The lowest BCUT2D eigenvalue weighted by Gasteiger charge is -2.32. The van der Waals surface area contributed by atoms with Gasteiger partial charge in [-0.25, -0.2) is 0 Å². The Morgan fingerprint density at radius 1 is 0.861 bits per heavy atom. The molecule has 5 rings (SSSR count). The molecule has 0 atom stereocenters. The number of methoxy groups -OCH3 is 1. The zero-order valence-electron chi connectivity index (χ0n) is 20.9. The molecule has 4 nitrogen and oxygen atoms in total. The molecule has 1 aliphatic heterocycles. The fourth-order valence-corrected chi connectivity index (χ4v) is 5.24. The van der Waals surface area contributed by atoms with Crippen LogP contribution in [-0.4, -0.2) is 31.0 Å². The summed E-state index contributed by atoms with van der Waals surface area (Å²) in [6.07, 6.45) is 2.70. The molecule has 1 heterocycles. The van der Waals surface area contributed by atoms with Crippen molar-refractivity contribution in [3.05, 3.63) is 114 Å². The van der Waals surface area contributed by atoms with E-state index in [2.05, 4.69) is 64.8 Å². The smallest absolute Gasteiger partial charge is 0.221 e. The summed E-state index contributed by atoms with van der Waals surface area (Å²) in [5, 5.41) is 5.75. The first-order valence-corrected chi connectivity index (χ1v) is 12.9. The molecule has 0 aliphatic carbocycles. The fraction of sp³-hybridized carbons (Fsp3) is 0.281. The van der Waals surface area contributed by atoms with E-state index in [0.29, 0.717) is 12.3 Å². The van der Waals surface area contributed by atoms with Crippen LogP contribution in [0, 0.1) is 5.92 Å². The van der Waals surface area contributed by atoms with Gasteiger partial charge in [0.15, 0.2) is 0 Å². The van der Waals surface area contributed by atoms with Gasteiger partial charge in [-0.05, 0) is 77.5 Å². The van der Waals surface area contributed by atoms with Gasteiger partial charge in [0.25, 0.3) is 0 Å². The highest BCUT2D eigenvalue weighted by Crippen LogP contribution is 2.26. The number of rotatable bonds is 8. The van der Waals surface area contributed by atoms with E-state index in [1.54, 1.807) is 7.11 Å². The molecule has 1 amide bonds. The Labute approximate surface area is 213 Å². The van der Waals surface area contributed by atoms with Gasteiger partial charge in [0.2, 0.25) is 5.91 Å². The first-order valence-electron chi connectivity index (χ1n) is 12.9. The average Bonchev–Trinajstić information content (AvgIpc) is 2.93. The highest BCUT2D eigenvalue weighted by Gasteiger charge is 2.24. The van der Waals surface area contributed by atoms with E-state index in [0.717, 1.165) is 49.4 Å². The number of amides is 1. The van der Waals surface area contributed by atoms with E-state index in [-0.39, 0.29) is 11.9 Å². The van der Waals surface area contributed by atoms with Crippen molar-refractivity contribution in [3.8, 4) is 5.75 Å². The second-order valence-electron chi connectivity index (χ2n) is 9.79. The molecule has 4 heteroatoms. The van der Waals surface area contributed by atoms with Crippen LogP contribution >= 0.6 is 0 Å². The maximum Gasteiger partial charge on any atom is 0.221 e. The van der Waals surface area contributed by atoms with Crippen LogP contribution in [0.5, 0.6) is 5.75 Å². The number of nitrogens with zero attached hydrogens (tertiary/aromatic N) is 1. The molecule has 184 valence electrons. The molecular formula is C32H34N2O2. The van der Waals surface area contributed by atoms with Crippen LogP contribution < -0.4 is 10.1 Å². The van der Waals surface area contributed by atoms with E-state index in [1.807, 2.05) is 42.5 Å². The topological polar surface area (TPSA) is 41.6 Å². The molecular weight excluding hydrogens is 444 g/mol. The third-order valence-electron chi connectivity index (χ3n) is 7.27. The Morgan fingerprint density at radius 3 is 2.11 bits per heavy atom. The van der Waals surface area contributed by atoms with Crippen LogP contribution in [0.2, 0.25) is 0 Å². The Bertz CT molecular complexity index is 1240. The van der Waals surface area contributed by atoms with Crippen molar-refractivity contribution in [1.29, 1.82) is 0 Å². The van der Waals surface area contributed by atoms with Crippen molar-refractivity contribution in [2.75, 3.05) is 20.2 Å². The minimum absolute atomic E-state index is 0.118. The van der Waals surface area contributed by atoms with Crippen molar-refractivity contribution < 1.29 is 9.53 Å². The number of likely N-dealkylation sites (tertiary alicyclic amines) is 1. The Kier molecular flexibility index (Phi) is 7.63. The number of benzene rings is 4. The highest BCUT2D eigenvalue weighted by atomic mass is 16.5. The summed E-state index contributed by atoms with van der Waals surface area (Å²) in [6, 6.07) is 33.2. The van der Waals surface area contributed by atoms with Gasteiger partial charge in [0, 0.05) is 13.0 Å². The Hall–Kier alpha value is -3.63. The molecule has 0 saturated carbocycles. The lowest BCUT2D eigenvalue weighted by atomic mass is 9.92. The number of carbonyl (C=O) groups excluding carboxylic acids is 1. The summed E-state index contributed by atoms with van der Waals surface area (Å²) in [5.41, 5.74) is 3.55. The van der Waals surface area contributed by atoms with E-state index in [1.165, 1.54) is 16.3 Å². The Morgan fingerprint density at radius 2 is 1.47 bits per heavy atom. The molecule has 0 spiro atoms. The molecule has 0 bridgehead atoms. The number of nitrogens with one attached hydrogen (secondary N) is 1. The molecule has 1 fully saturated rings. The molecule has 4 aromatic rings. The predicted molar refractivity (Wildman–Crippen MR) is 146 cm³/mol. The largest absolute Gasteiger partial charge is 0.497 e. The minimum Gasteiger partial charge on any atom is -0.497 e. The van der Waals surface area contributed by atoms with Crippen LogP contribution in [0.4, 0.5) is 0 Å². The second-order valence-corrected chi connectivity index (χ2v) is 9.79. The monoisotopic (exact) mass is 478 g/mol. The maximum atomic E-state index is 13.1. The molecule has 0 radical (unpaired) electrons. The summed E-state index contributed by atoms with van der Waals surface area (Å²) in [5.74, 6) is 1.45. The van der Waals surface area contributed by atoms with Crippen LogP contribution in [0.3, 0.4) is 0 Å². The fourth-order valence-electron chi connectivity index (χ4n) is 5.24. The van der Waals surface area contributed by atoms with Gasteiger partial charge in [0.1, 0.15) is 5.75 Å². The quantitative estimate of drug-likeness (QED) is 0.321. The molecule has 1 saturated heterocycles. The van der Waals surface area contributed by atoms with Gasteiger partial charge in [-0.15, -0.1) is 0 Å². The van der Waals surface area contributed by atoms with Crippen molar-refractivity contribution in [1.82, 2.24) is 10.2 Å². The number of carbonyl (C=O) groups is 1. The molecule has 0 unspecified atom stereocenters. The van der Waals surface area contributed by atoms with E-state index < -0.39 is 0 Å². The highest BCUT2D eigenvalue weighted by molar-refractivity contribution is 5.84. The maximum absolute atomic E-state index is 13.1. The van der Waals surface area contributed by atoms with Gasteiger partial charge in [-0.1, -0.05) is 78.9 Å². The zero-order valence-corrected chi connectivity index (χ0v) is 20.9. The first-order chi connectivity index (χ1) is 17.7. The first kappa shape index (κ1) is 24.1. The standard InChI is InChI=1S/C32H34N2O2/c1-36-30-15-14-28-20-25(12-13-29(28)22-30)23-34-18-16-24(17-19-34)21-31(35)33-32(26-8-4-2-5-9-26)27-10-6-3-7-11-27/h2-15,20,22,24,32H,16-19,21,23H2,1H3,(H,33,35).